The highest BCUT2D eigenvalue weighted by Gasteiger charge is 2.26. The van der Waals surface area contributed by atoms with Crippen molar-refractivity contribution in [3.8, 4) is 0 Å². The van der Waals surface area contributed by atoms with Crippen LogP contribution in [0.4, 0.5) is 0 Å². The van der Waals surface area contributed by atoms with Gasteiger partial charge in [0.2, 0.25) is 0 Å². The largest absolute Gasteiger partial charge is 0.260 e. The summed E-state index contributed by atoms with van der Waals surface area (Å²) in [6.45, 7) is 0. The Morgan fingerprint density at radius 2 is 2.05 bits per heavy atom. The highest BCUT2D eigenvalue weighted by molar-refractivity contribution is 9.10. The minimum atomic E-state index is 0.243. The summed E-state index contributed by atoms with van der Waals surface area (Å²) in [5.74, 6) is 0.864. The van der Waals surface area contributed by atoms with Crippen molar-refractivity contribution in [2.75, 3.05) is 5.88 Å². The summed E-state index contributed by atoms with van der Waals surface area (Å²) >= 11 is 15.9. The summed E-state index contributed by atoms with van der Waals surface area (Å²) < 4.78 is 1.06. The number of aromatic nitrogens is 1. The van der Waals surface area contributed by atoms with Gasteiger partial charge in [0.15, 0.2) is 0 Å². The average molecular weight is 371 g/mol. The molecule has 0 fully saturated rings. The minimum absolute atomic E-state index is 0.243. The fraction of sp³-hybridized carbons (Fsp3) is 0.312. The molecular weight excluding hydrogens is 357 g/mol. The predicted octanol–water partition coefficient (Wildman–Crippen LogP) is 5.36. The first-order valence-electron chi connectivity index (χ1n) is 6.68. The molecule has 1 aromatic heterocycles. The maximum Gasteiger partial charge on any atom is 0.0511 e. The summed E-state index contributed by atoms with van der Waals surface area (Å²) in [6, 6.07) is 8.23. The second-order valence-corrected chi connectivity index (χ2v) is 6.71. The lowest BCUT2D eigenvalue weighted by atomic mass is 9.89. The average Bonchev–Trinajstić information content (AvgIpc) is 2.58. The number of alkyl halides is 1. The molecule has 0 spiro atoms. The molecule has 1 heterocycles. The van der Waals surface area contributed by atoms with Crippen LogP contribution in [-0.4, -0.2) is 10.9 Å². The Bertz CT molecular complexity index is 642. The number of halogens is 3. The van der Waals surface area contributed by atoms with E-state index in [1.807, 2.05) is 18.3 Å². The lowest BCUT2D eigenvalue weighted by Crippen LogP contribution is -2.07. The van der Waals surface area contributed by atoms with Crippen LogP contribution in [0.5, 0.6) is 0 Å². The molecule has 1 aliphatic carbocycles. The number of hydrogen-bond donors (Lipinski definition) is 0. The number of rotatable bonds is 2. The number of fused-ring (bicyclic) bond motifs is 2. The molecule has 1 aromatic carbocycles. The standard InChI is InChI=1S/C16H14BrCl2N/c17-14-9-12(19)8-11-4-3-10-2-1-7-20-16(10)13(5-6-18)15(11)14/h1-2,7-9,13H,3-6H2. The number of pyridine rings is 1. The molecule has 0 radical (unpaired) electrons. The van der Waals surface area contributed by atoms with E-state index in [1.165, 1.54) is 16.7 Å². The molecule has 1 nitrogen and oxygen atoms in total. The van der Waals surface area contributed by atoms with Crippen molar-refractivity contribution >= 4 is 39.1 Å². The van der Waals surface area contributed by atoms with Crippen LogP contribution >= 0.6 is 39.1 Å². The normalized spacial score (nSPS) is 17.2. The maximum atomic E-state index is 6.20. The molecule has 0 saturated carbocycles. The minimum Gasteiger partial charge on any atom is -0.260 e. The molecule has 1 aliphatic rings. The molecule has 1 atom stereocenters. The van der Waals surface area contributed by atoms with Gasteiger partial charge < -0.3 is 0 Å². The van der Waals surface area contributed by atoms with Gasteiger partial charge in [0, 0.05) is 27.5 Å². The van der Waals surface area contributed by atoms with E-state index in [2.05, 4.69) is 33.0 Å². The number of benzene rings is 1. The zero-order chi connectivity index (χ0) is 14.1. The monoisotopic (exact) mass is 369 g/mol. The van der Waals surface area contributed by atoms with Crippen molar-refractivity contribution in [1.82, 2.24) is 4.98 Å². The molecule has 1 unspecified atom stereocenters. The SMILES string of the molecule is ClCCC1c2ncccc2CCc2cc(Cl)cc(Br)c21. The van der Waals surface area contributed by atoms with Crippen molar-refractivity contribution in [1.29, 1.82) is 0 Å². The molecule has 0 N–H and O–H groups in total. The van der Waals surface area contributed by atoms with Gasteiger partial charge in [-0.1, -0.05) is 33.6 Å². The van der Waals surface area contributed by atoms with E-state index in [4.69, 9.17) is 23.2 Å². The highest BCUT2D eigenvalue weighted by Crippen LogP contribution is 2.40. The molecule has 3 rings (SSSR count). The Kier molecular flexibility index (Phi) is 4.34. The number of hydrogen-bond acceptors (Lipinski definition) is 1. The highest BCUT2D eigenvalue weighted by atomic mass is 79.9. The lowest BCUT2D eigenvalue weighted by Gasteiger charge is -2.20. The Hall–Kier alpha value is -0.570. The lowest BCUT2D eigenvalue weighted by molar-refractivity contribution is 0.745. The van der Waals surface area contributed by atoms with E-state index >= 15 is 0 Å². The molecule has 4 heteroatoms. The number of aryl methyl sites for hydroxylation is 2. The summed E-state index contributed by atoms with van der Waals surface area (Å²) in [6.07, 6.45) is 4.75. The molecule has 0 aliphatic heterocycles. The third-order valence-electron chi connectivity index (χ3n) is 3.85. The summed E-state index contributed by atoms with van der Waals surface area (Å²) in [4.78, 5) is 4.63. The van der Waals surface area contributed by atoms with E-state index in [0.29, 0.717) is 5.88 Å². The summed E-state index contributed by atoms with van der Waals surface area (Å²) in [7, 11) is 0. The Morgan fingerprint density at radius 1 is 1.25 bits per heavy atom. The van der Waals surface area contributed by atoms with E-state index in [0.717, 1.165) is 34.5 Å². The molecule has 0 saturated heterocycles. The van der Waals surface area contributed by atoms with Gasteiger partial charge in [-0.2, -0.15) is 0 Å². The van der Waals surface area contributed by atoms with Crippen molar-refractivity contribution < 1.29 is 0 Å². The Balaban J connectivity index is 2.21. The molecule has 20 heavy (non-hydrogen) atoms. The van der Waals surface area contributed by atoms with Gasteiger partial charge >= 0.3 is 0 Å². The van der Waals surface area contributed by atoms with Crippen LogP contribution < -0.4 is 0 Å². The zero-order valence-corrected chi connectivity index (χ0v) is 14.0. The first-order valence-corrected chi connectivity index (χ1v) is 8.39. The smallest absolute Gasteiger partial charge is 0.0511 e. The second kappa shape index (κ2) is 6.05. The van der Waals surface area contributed by atoms with Gasteiger partial charge in [0.1, 0.15) is 0 Å². The van der Waals surface area contributed by atoms with Crippen molar-refractivity contribution in [2.24, 2.45) is 0 Å². The van der Waals surface area contributed by atoms with E-state index in [9.17, 15) is 0 Å². The first kappa shape index (κ1) is 14.4. The fourth-order valence-electron chi connectivity index (χ4n) is 3.01. The van der Waals surface area contributed by atoms with Crippen molar-refractivity contribution in [3.63, 3.8) is 0 Å². The van der Waals surface area contributed by atoms with Crippen LogP contribution in [0.1, 0.15) is 34.7 Å². The molecule has 0 amide bonds. The van der Waals surface area contributed by atoms with Gasteiger partial charge in [-0.15, -0.1) is 11.6 Å². The van der Waals surface area contributed by atoms with Crippen LogP contribution in [0, 0.1) is 0 Å². The van der Waals surface area contributed by atoms with Gasteiger partial charge in [-0.25, -0.2) is 0 Å². The fourth-order valence-corrected chi connectivity index (χ4v) is 4.38. The third-order valence-corrected chi connectivity index (χ3v) is 4.94. The maximum absolute atomic E-state index is 6.20. The van der Waals surface area contributed by atoms with Crippen molar-refractivity contribution in [2.45, 2.75) is 25.2 Å². The van der Waals surface area contributed by atoms with Gasteiger partial charge in [-0.05, 0) is 54.2 Å². The van der Waals surface area contributed by atoms with Crippen LogP contribution in [0.2, 0.25) is 5.02 Å². The van der Waals surface area contributed by atoms with E-state index in [-0.39, 0.29) is 5.92 Å². The first-order chi connectivity index (χ1) is 9.70. The molecular formula is C16H14BrCl2N. The van der Waals surface area contributed by atoms with Crippen LogP contribution in [0.25, 0.3) is 0 Å². The topological polar surface area (TPSA) is 12.9 Å². The molecule has 2 aromatic rings. The van der Waals surface area contributed by atoms with Crippen LogP contribution in [0.3, 0.4) is 0 Å². The van der Waals surface area contributed by atoms with E-state index in [1.54, 1.807) is 0 Å². The summed E-state index contributed by atoms with van der Waals surface area (Å²) in [5, 5.41) is 0.777. The predicted molar refractivity (Wildman–Crippen MR) is 88.0 cm³/mol. The Morgan fingerprint density at radius 3 is 2.85 bits per heavy atom. The van der Waals surface area contributed by atoms with Crippen LogP contribution in [-0.2, 0) is 12.8 Å². The summed E-state index contributed by atoms with van der Waals surface area (Å²) in [5.41, 5.74) is 5.08. The van der Waals surface area contributed by atoms with E-state index < -0.39 is 0 Å². The zero-order valence-electron chi connectivity index (χ0n) is 10.9. The second-order valence-electron chi connectivity index (χ2n) is 5.04. The van der Waals surface area contributed by atoms with Gasteiger partial charge in [0.25, 0.3) is 0 Å². The third kappa shape index (κ3) is 2.61. The van der Waals surface area contributed by atoms with Crippen LogP contribution in [0.15, 0.2) is 34.9 Å². The van der Waals surface area contributed by atoms with Gasteiger partial charge in [0.05, 0.1) is 5.69 Å². The molecule has 0 bridgehead atoms. The Labute approximate surface area is 137 Å². The number of nitrogens with zero attached hydrogens (tertiary/aromatic N) is 1. The quantitative estimate of drug-likeness (QED) is 0.648. The molecule has 104 valence electrons. The van der Waals surface area contributed by atoms with Gasteiger partial charge in [-0.3, -0.25) is 4.98 Å². The van der Waals surface area contributed by atoms with Crippen molar-refractivity contribution in [3.05, 3.63) is 62.3 Å².